The molecule has 6 nitrogen and oxygen atoms in total. The first-order chi connectivity index (χ1) is 12.8. The Kier molecular flexibility index (Phi) is 7.30. The summed E-state index contributed by atoms with van der Waals surface area (Å²) in [6.45, 7) is 9.96. The fourth-order valence-electron chi connectivity index (χ4n) is 3.44. The number of benzene rings is 1. The first-order valence-electron chi connectivity index (χ1n) is 9.67. The summed E-state index contributed by atoms with van der Waals surface area (Å²) in [5.41, 5.74) is 6.01. The van der Waals surface area contributed by atoms with E-state index in [1.807, 2.05) is 0 Å². The monoisotopic (exact) mass is 373 g/mol. The molecule has 1 aromatic carbocycles. The van der Waals surface area contributed by atoms with Crippen molar-refractivity contribution in [1.82, 2.24) is 14.5 Å². The van der Waals surface area contributed by atoms with E-state index in [1.54, 1.807) is 0 Å². The predicted octanol–water partition coefficient (Wildman–Crippen LogP) is 3.17. The third-order valence-electron chi connectivity index (χ3n) is 4.52. The van der Waals surface area contributed by atoms with Crippen LogP contribution in [0.15, 0.2) is 18.2 Å². The number of aliphatic hydroxyl groups excluding tert-OH is 1. The van der Waals surface area contributed by atoms with Crippen LogP contribution in [0, 0.1) is 5.92 Å². The molecule has 0 aliphatic heterocycles. The third-order valence-corrected chi connectivity index (χ3v) is 4.52. The molecule has 0 aliphatic carbocycles. The predicted molar refractivity (Wildman–Crippen MR) is 108 cm³/mol. The van der Waals surface area contributed by atoms with Crippen LogP contribution >= 0.6 is 0 Å². The van der Waals surface area contributed by atoms with E-state index in [9.17, 15) is 0 Å². The molecule has 3 rings (SSSR count). The molecule has 148 valence electrons. The van der Waals surface area contributed by atoms with Crippen molar-refractivity contribution >= 4 is 21.9 Å². The molecule has 0 unspecified atom stereocenters. The molecule has 27 heavy (non-hydrogen) atoms. The molecule has 2 heterocycles. The Morgan fingerprint density at radius 2 is 1.59 bits per heavy atom. The number of hydrogen-bond donors (Lipinski definition) is 3. The Morgan fingerprint density at radius 1 is 0.926 bits per heavy atom. The normalized spacial score (nSPS) is 11.5. The highest BCUT2D eigenvalue weighted by Crippen LogP contribution is 2.30. The van der Waals surface area contributed by atoms with Crippen molar-refractivity contribution in [3.05, 3.63) is 35.3 Å². The van der Waals surface area contributed by atoms with Gasteiger partial charge in [-0.1, -0.05) is 52.8 Å². The highest BCUT2D eigenvalue weighted by Gasteiger charge is 2.18. The zero-order valence-corrected chi connectivity index (χ0v) is 16.9. The lowest BCUT2D eigenvalue weighted by atomic mass is 10.0. The van der Waals surface area contributed by atoms with E-state index in [-0.39, 0.29) is 0 Å². The molecule has 0 radical (unpaired) electrons. The minimum atomic E-state index is -2.17. The average Bonchev–Trinajstić information content (AvgIpc) is 2.98. The van der Waals surface area contributed by atoms with E-state index < -0.39 is 6.48 Å². The number of aromatic nitrogens is 3. The van der Waals surface area contributed by atoms with Crippen molar-refractivity contribution in [3.8, 4) is 0 Å². The van der Waals surface area contributed by atoms with Gasteiger partial charge in [0.15, 0.2) is 0 Å². The number of para-hydroxylation sites is 1. The number of aryl methyl sites for hydroxylation is 3. The summed E-state index contributed by atoms with van der Waals surface area (Å²) >= 11 is 0. The quantitative estimate of drug-likeness (QED) is 0.598. The van der Waals surface area contributed by atoms with Gasteiger partial charge in [-0.2, -0.15) is 0 Å². The summed E-state index contributed by atoms with van der Waals surface area (Å²) in [6.07, 6.45) is 2.89. The second-order valence-electron chi connectivity index (χ2n) is 7.01. The number of nitrogens with zero attached hydrogens (tertiary/aromatic N) is 3. The fraction of sp³-hybridized carbons (Fsp3) is 0.524. The molecule has 0 aliphatic rings. The molecule has 0 saturated carbocycles. The van der Waals surface area contributed by atoms with Gasteiger partial charge in [-0.3, -0.25) is 4.98 Å². The minimum Gasteiger partial charge on any atom is -0.346 e. The summed E-state index contributed by atoms with van der Waals surface area (Å²) in [7, 11) is 0. The molecule has 0 saturated heterocycles. The van der Waals surface area contributed by atoms with E-state index in [1.165, 1.54) is 22.3 Å². The number of fused-ring (bicyclic) bond motifs is 3. The summed E-state index contributed by atoms with van der Waals surface area (Å²) in [5.74, 6) is 1.78. The Morgan fingerprint density at radius 3 is 2.11 bits per heavy atom. The average molecular weight is 373 g/mol. The van der Waals surface area contributed by atoms with Gasteiger partial charge >= 0.3 is 0 Å². The molecule has 3 aromatic rings. The molecule has 0 fully saturated rings. The smallest absolute Gasteiger partial charge is 0.263 e. The second kappa shape index (κ2) is 9.26. The van der Waals surface area contributed by atoms with Crippen LogP contribution in [0.3, 0.4) is 0 Å². The van der Waals surface area contributed by atoms with Crippen LogP contribution in [0.4, 0.5) is 0 Å². The van der Waals surface area contributed by atoms with Crippen LogP contribution < -0.4 is 0 Å². The SMILES string of the molecule is CCc1cccc2c1nc(CC)c1nc(CC)n(CC(C)C)c12.OC(O)O. The van der Waals surface area contributed by atoms with Gasteiger partial charge in [-0.25, -0.2) is 4.98 Å². The Bertz CT molecular complexity index is 898. The van der Waals surface area contributed by atoms with Crippen LogP contribution in [0.2, 0.25) is 0 Å². The van der Waals surface area contributed by atoms with Gasteiger partial charge < -0.3 is 19.9 Å². The van der Waals surface area contributed by atoms with Gasteiger partial charge in [0, 0.05) is 18.4 Å². The first kappa shape index (κ1) is 21.3. The third kappa shape index (κ3) is 4.64. The van der Waals surface area contributed by atoms with Crippen molar-refractivity contribution in [1.29, 1.82) is 0 Å². The first-order valence-corrected chi connectivity index (χ1v) is 9.67. The van der Waals surface area contributed by atoms with Gasteiger partial charge in [0.1, 0.15) is 11.3 Å². The highest BCUT2D eigenvalue weighted by molar-refractivity contribution is 6.04. The zero-order valence-electron chi connectivity index (χ0n) is 16.9. The van der Waals surface area contributed by atoms with Gasteiger partial charge in [-0.15, -0.1) is 0 Å². The summed E-state index contributed by atoms with van der Waals surface area (Å²) in [6, 6.07) is 6.57. The van der Waals surface area contributed by atoms with Crippen LogP contribution in [0.1, 0.15) is 51.7 Å². The lowest BCUT2D eigenvalue weighted by molar-refractivity contribution is -0.198. The minimum absolute atomic E-state index is 0.598. The summed E-state index contributed by atoms with van der Waals surface area (Å²) in [5, 5.41) is 22.8. The number of imidazole rings is 1. The van der Waals surface area contributed by atoms with Crippen LogP contribution in [0.5, 0.6) is 0 Å². The van der Waals surface area contributed by atoms with Gasteiger partial charge in [0.05, 0.1) is 16.7 Å². The number of pyridine rings is 1. The molecular weight excluding hydrogens is 342 g/mol. The molecule has 0 bridgehead atoms. The van der Waals surface area contributed by atoms with Crippen LogP contribution in [-0.2, 0) is 25.8 Å². The van der Waals surface area contributed by atoms with Crippen molar-refractivity contribution in [3.63, 3.8) is 0 Å². The van der Waals surface area contributed by atoms with Crippen molar-refractivity contribution in [2.45, 2.75) is 66.9 Å². The van der Waals surface area contributed by atoms with Crippen LogP contribution in [0.25, 0.3) is 21.9 Å². The molecular formula is C21H31N3O3. The number of aliphatic hydroxyl groups is 3. The molecule has 3 N–H and O–H groups in total. The lowest BCUT2D eigenvalue weighted by Crippen LogP contribution is -2.08. The number of hydrogen-bond acceptors (Lipinski definition) is 5. The van der Waals surface area contributed by atoms with Crippen molar-refractivity contribution in [2.75, 3.05) is 0 Å². The topological polar surface area (TPSA) is 91.4 Å². The molecule has 0 spiro atoms. The van der Waals surface area contributed by atoms with E-state index in [4.69, 9.17) is 25.3 Å². The largest absolute Gasteiger partial charge is 0.346 e. The lowest BCUT2D eigenvalue weighted by Gasteiger charge is -2.13. The van der Waals surface area contributed by atoms with Gasteiger partial charge in [0.25, 0.3) is 6.48 Å². The Labute approximate surface area is 160 Å². The summed E-state index contributed by atoms with van der Waals surface area (Å²) in [4.78, 5) is 9.95. The maximum absolute atomic E-state index is 7.17. The second-order valence-corrected chi connectivity index (χ2v) is 7.01. The Hall–Kier alpha value is -2.02. The van der Waals surface area contributed by atoms with E-state index in [2.05, 4.69) is 57.4 Å². The van der Waals surface area contributed by atoms with E-state index >= 15 is 0 Å². The Balaban J connectivity index is 0.000000596. The van der Waals surface area contributed by atoms with Crippen molar-refractivity contribution < 1.29 is 15.3 Å². The molecule has 6 heteroatoms. The summed E-state index contributed by atoms with van der Waals surface area (Å²) < 4.78 is 2.43. The van der Waals surface area contributed by atoms with Crippen molar-refractivity contribution in [2.24, 2.45) is 5.92 Å². The van der Waals surface area contributed by atoms with Crippen LogP contribution in [-0.4, -0.2) is 36.3 Å². The molecule has 0 amide bonds. The molecule has 0 atom stereocenters. The maximum Gasteiger partial charge on any atom is 0.263 e. The standard InChI is InChI=1S/C20H27N3.CH4O3/c1-6-14-10-9-11-15-18(14)21-16(7-2)19-20(15)23(12-13(4)5)17(8-3)22-19;2-1(3)4/h9-11,13H,6-8,12H2,1-5H3;1-4H. The maximum atomic E-state index is 7.17. The number of rotatable bonds is 5. The molecule has 2 aromatic heterocycles. The van der Waals surface area contributed by atoms with E-state index in [0.29, 0.717) is 5.92 Å². The van der Waals surface area contributed by atoms with Gasteiger partial charge in [0.2, 0.25) is 0 Å². The zero-order chi connectivity index (χ0) is 20.1. The fourth-order valence-corrected chi connectivity index (χ4v) is 3.44. The highest BCUT2D eigenvalue weighted by atomic mass is 16.6. The van der Waals surface area contributed by atoms with E-state index in [0.717, 1.165) is 42.5 Å². The van der Waals surface area contributed by atoms with Gasteiger partial charge in [-0.05, 0) is 24.3 Å².